The van der Waals surface area contributed by atoms with Gasteiger partial charge in [-0.2, -0.15) is 0 Å². The van der Waals surface area contributed by atoms with Gasteiger partial charge in [-0.25, -0.2) is 4.79 Å². The molecular formula is C15H23NO4. The molecule has 0 fully saturated rings. The number of unbranched alkanes of at least 4 members (excludes halogenated alkanes) is 3. The van der Waals surface area contributed by atoms with Gasteiger partial charge < -0.3 is 10.2 Å². The molecule has 5 heteroatoms. The molecule has 112 valence electrons. The lowest BCUT2D eigenvalue weighted by Gasteiger charge is -2.29. The van der Waals surface area contributed by atoms with Crippen LogP contribution in [0.25, 0.3) is 0 Å². The lowest BCUT2D eigenvalue weighted by atomic mass is 9.77. The molecule has 1 rings (SSSR count). The Hall–Kier alpha value is -1.65. The lowest BCUT2D eigenvalue weighted by Crippen LogP contribution is -2.36. The van der Waals surface area contributed by atoms with E-state index in [4.69, 9.17) is 0 Å². The lowest BCUT2D eigenvalue weighted by molar-refractivity contribution is -0.141. The van der Waals surface area contributed by atoms with Gasteiger partial charge in [-0.15, -0.1) is 0 Å². The molecule has 1 aliphatic rings. The predicted octanol–water partition coefficient (Wildman–Crippen LogP) is 3.11. The number of carboxylic acid groups (broad SMARTS) is 2. The van der Waals surface area contributed by atoms with E-state index in [-0.39, 0.29) is 5.57 Å². The van der Waals surface area contributed by atoms with E-state index in [0.29, 0.717) is 17.8 Å². The maximum atomic E-state index is 11.4. The maximum absolute atomic E-state index is 11.4. The molecule has 0 aromatic rings. The van der Waals surface area contributed by atoms with Crippen molar-refractivity contribution >= 4 is 17.7 Å². The van der Waals surface area contributed by atoms with Gasteiger partial charge in [-0.1, -0.05) is 32.6 Å². The Morgan fingerprint density at radius 3 is 2.30 bits per heavy atom. The van der Waals surface area contributed by atoms with Gasteiger partial charge in [0.05, 0.1) is 5.57 Å². The van der Waals surface area contributed by atoms with E-state index in [9.17, 15) is 19.8 Å². The molecule has 0 spiro atoms. The number of rotatable bonds is 7. The molecule has 20 heavy (non-hydrogen) atoms. The molecule has 0 saturated carbocycles. The quantitative estimate of drug-likeness (QED) is 0.702. The van der Waals surface area contributed by atoms with Gasteiger partial charge in [-0.05, 0) is 20.3 Å². The normalized spacial score (nSPS) is 22.6. The number of hydrogen-bond acceptors (Lipinski definition) is 3. The van der Waals surface area contributed by atoms with Crippen molar-refractivity contribution in [3.05, 3.63) is 11.3 Å². The standard InChI is InChI=1S/C15H23NO4/c1-4-5-6-7-8-11-12(14(17)18)9(2)16-10(3)13(11)15(19)20/h11-12H,4-8H2,1-3H3,(H,17,18)(H,19,20). The van der Waals surface area contributed by atoms with Crippen molar-refractivity contribution in [2.24, 2.45) is 16.8 Å². The van der Waals surface area contributed by atoms with Crippen LogP contribution in [0.4, 0.5) is 0 Å². The largest absolute Gasteiger partial charge is 0.481 e. The van der Waals surface area contributed by atoms with Crippen LogP contribution in [0.15, 0.2) is 16.3 Å². The first kappa shape index (κ1) is 16.4. The van der Waals surface area contributed by atoms with Gasteiger partial charge in [0.2, 0.25) is 0 Å². The molecule has 0 aromatic heterocycles. The zero-order valence-electron chi connectivity index (χ0n) is 12.3. The van der Waals surface area contributed by atoms with Crippen molar-refractivity contribution in [3.63, 3.8) is 0 Å². The Labute approximate surface area is 119 Å². The summed E-state index contributed by atoms with van der Waals surface area (Å²) in [5.74, 6) is -3.32. The number of aliphatic carboxylic acids is 2. The molecule has 5 nitrogen and oxygen atoms in total. The average molecular weight is 281 g/mol. The molecule has 0 amide bonds. The third-order valence-electron chi connectivity index (χ3n) is 3.82. The second-order valence-corrected chi connectivity index (χ2v) is 5.33. The third-order valence-corrected chi connectivity index (χ3v) is 3.82. The number of carbonyl (C=O) groups is 2. The summed E-state index contributed by atoms with van der Waals surface area (Å²) in [6, 6.07) is 0. The van der Waals surface area contributed by atoms with Gasteiger partial charge in [0.15, 0.2) is 0 Å². The summed E-state index contributed by atoms with van der Waals surface area (Å²) in [6.45, 7) is 5.41. The van der Waals surface area contributed by atoms with Crippen molar-refractivity contribution in [1.29, 1.82) is 0 Å². The molecule has 0 bridgehead atoms. The minimum Gasteiger partial charge on any atom is -0.481 e. The van der Waals surface area contributed by atoms with Gasteiger partial charge in [0.25, 0.3) is 0 Å². The smallest absolute Gasteiger partial charge is 0.333 e. The maximum Gasteiger partial charge on any atom is 0.333 e. The molecule has 0 saturated heterocycles. The third kappa shape index (κ3) is 3.68. The monoisotopic (exact) mass is 281 g/mol. The zero-order valence-corrected chi connectivity index (χ0v) is 12.3. The van der Waals surface area contributed by atoms with Crippen LogP contribution in [0.1, 0.15) is 52.9 Å². The van der Waals surface area contributed by atoms with Crippen LogP contribution in [0.5, 0.6) is 0 Å². The fourth-order valence-corrected chi connectivity index (χ4v) is 2.89. The Kier molecular flexibility index (Phi) is 5.92. The van der Waals surface area contributed by atoms with Crippen LogP contribution >= 0.6 is 0 Å². The summed E-state index contributed by atoms with van der Waals surface area (Å²) >= 11 is 0. The van der Waals surface area contributed by atoms with Crippen LogP contribution in [-0.2, 0) is 9.59 Å². The Bertz CT molecular complexity index is 451. The number of aliphatic imine (C=N–C) groups is 1. The highest BCUT2D eigenvalue weighted by atomic mass is 16.4. The first-order valence-electron chi connectivity index (χ1n) is 7.12. The van der Waals surface area contributed by atoms with Crippen molar-refractivity contribution < 1.29 is 19.8 Å². The molecule has 2 unspecified atom stereocenters. The van der Waals surface area contributed by atoms with E-state index in [1.807, 2.05) is 0 Å². The summed E-state index contributed by atoms with van der Waals surface area (Å²) in [5.41, 5.74) is 1.10. The zero-order chi connectivity index (χ0) is 15.3. The van der Waals surface area contributed by atoms with Crippen molar-refractivity contribution in [2.45, 2.75) is 52.9 Å². The van der Waals surface area contributed by atoms with Crippen molar-refractivity contribution in [2.75, 3.05) is 0 Å². The summed E-state index contributed by atoms with van der Waals surface area (Å²) < 4.78 is 0. The van der Waals surface area contributed by atoms with E-state index in [1.165, 1.54) is 0 Å². The highest BCUT2D eigenvalue weighted by Crippen LogP contribution is 2.34. The highest BCUT2D eigenvalue weighted by molar-refractivity contribution is 6.04. The van der Waals surface area contributed by atoms with Gasteiger partial charge in [0, 0.05) is 17.3 Å². The molecule has 2 N–H and O–H groups in total. The SMILES string of the molecule is CCCCCCC1C(C(=O)O)=C(C)N=C(C)C1C(=O)O. The van der Waals surface area contributed by atoms with Crippen LogP contribution < -0.4 is 0 Å². The first-order valence-corrected chi connectivity index (χ1v) is 7.12. The Morgan fingerprint density at radius 2 is 1.80 bits per heavy atom. The molecule has 2 atom stereocenters. The average Bonchev–Trinajstić information content (AvgIpc) is 2.32. The van der Waals surface area contributed by atoms with Crippen LogP contribution in [0, 0.1) is 11.8 Å². The summed E-state index contributed by atoms with van der Waals surface area (Å²) in [5, 5.41) is 18.7. The van der Waals surface area contributed by atoms with Gasteiger partial charge in [-0.3, -0.25) is 9.79 Å². The number of allylic oxidation sites excluding steroid dienone is 1. The van der Waals surface area contributed by atoms with Crippen molar-refractivity contribution in [3.8, 4) is 0 Å². The fourth-order valence-electron chi connectivity index (χ4n) is 2.89. The second-order valence-electron chi connectivity index (χ2n) is 5.33. The molecular weight excluding hydrogens is 258 g/mol. The highest BCUT2D eigenvalue weighted by Gasteiger charge is 2.39. The number of carboxylic acids is 2. The number of hydrogen-bond donors (Lipinski definition) is 2. The molecule has 0 radical (unpaired) electrons. The molecule has 0 aromatic carbocycles. The van der Waals surface area contributed by atoms with E-state index in [0.717, 1.165) is 25.7 Å². The molecule has 1 heterocycles. The topological polar surface area (TPSA) is 87.0 Å². The summed E-state index contributed by atoms with van der Waals surface area (Å²) in [7, 11) is 0. The van der Waals surface area contributed by atoms with Crippen LogP contribution in [0.2, 0.25) is 0 Å². The van der Waals surface area contributed by atoms with E-state index < -0.39 is 23.8 Å². The number of nitrogens with zero attached hydrogens (tertiary/aromatic N) is 1. The summed E-state index contributed by atoms with van der Waals surface area (Å²) in [4.78, 5) is 27.0. The Morgan fingerprint density at radius 1 is 1.15 bits per heavy atom. The Balaban J connectivity index is 2.99. The van der Waals surface area contributed by atoms with E-state index >= 15 is 0 Å². The molecule has 1 aliphatic heterocycles. The predicted molar refractivity (Wildman–Crippen MR) is 76.8 cm³/mol. The fraction of sp³-hybridized carbons (Fsp3) is 0.667. The minimum absolute atomic E-state index is 0.166. The van der Waals surface area contributed by atoms with Crippen LogP contribution in [-0.4, -0.2) is 27.9 Å². The van der Waals surface area contributed by atoms with Crippen LogP contribution in [0.3, 0.4) is 0 Å². The van der Waals surface area contributed by atoms with E-state index in [1.54, 1.807) is 13.8 Å². The van der Waals surface area contributed by atoms with Gasteiger partial charge in [0.1, 0.15) is 5.92 Å². The molecule has 0 aliphatic carbocycles. The second kappa shape index (κ2) is 7.22. The minimum atomic E-state index is -1.05. The summed E-state index contributed by atoms with van der Waals surface area (Å²) in [6.07, 6.45) is 4.61. The van der Waals surface area contributed by atoms with E-state index in [2.05, 4.69) is 11.9 Å². The van der Waals surface area contributed by atoms with Crippen molar-refractivity contribution in [1.82, 2.24) is 0 Å². The van der Waals surface area contributed by atoms with Gasteiger partial charge >= 0.3 is 11.9 Å². The first-order chi connectivity index (χ1) is 9.40.